The van der Waals surface area contributed by atoms with Gasteiger partial charge in [0.15, 0.2) is 5.13 Å². The monoisotopic (exact) mass is 439 g/mol. The zero-order valence-corrected chi connectivity index (χ0v) is 17.2. The summed E-state index contributed by atoms with van der Waals surface area (Å²) >= 11 is 7.01. The van der Waals surface area contributed by atoms with Gasteiger partial charge in [0.1, 0.15) is 0 Å². The molecule has 3 nitrogen and oxygen atoms in total. The molecular formula is C20H14BrN3S2. The number of aromatic nitrogens is 1. The van der Waals surface area contributed by atoms with Crippen LogP contribution in [-0.4, -0.2) is 4.98 Å². The molecule has 0 radical (unpaired) electrons. The number of thiophene rings is 1. The first kappa shape index (κ1) is 17.2. The van der Waals surface area contributed by atoms with E-state index in [1.54, 1.807) is 22.7 Å². The van der Waals surface area contributed by atoms with Crippen molar-refractivity contribution in [2.75, 3.05) is 4.90 Å². The number of halogens is 1. The summed E-state index contributed by atoms with van der Waals surface area (Å²) in [5, 5.41) is 11.3. The lowest BCUT2D eigenvalue weighted by Crippen LogP contribution is -2.15. The highest BCUT2D eigenvalue weighted by Gasteiger charge is 2.17. The van der Waals surface area contributed by atoms with Crippen LogP contribution in [0.3, 0.4) is 0 Å². The van der Waals surface area contributed by atoms with E-state index in [-0.39, 0.29) is 0 Å². The van der Waals surface area contributed by atoms with E-state index in [1.165, 1.54) is 15.0 Å². The number of rotatable bonds is 4. The number of benzene rings is 2. The Labute approximate surface area is 168 Å². The van der Waals surface area contributed by atoms with Crippen molar-refractivity contribution in [1.29, 1.82) is 5.26 Å². The number of fused-ring (bicyclic) bond motifs is 1. The van der Waals surface area contributed by atoms with E-state index >= 15 is 0 Å². The Morgan fingerprint density at radius 2 is 1.88 bits per heavy atom. The van der Waals surface area contributed by atoms with Crippen LogP contribution in [0.2, 0.25) is 0 Å². The standard InChI is InChI=1S/C20H14BrN3S2/c1-13-19(21)26-20(23-13)24(16-8-6-14(11-22)7-9-16)12-17-10-15-4-2-3-5-18(15)25-17/h2-10H,12H2,1H3. The van der Waals surface area contributed by atoms with Gasteiger partial charge in [0.05, 0.1) is 27.7 Å². The molecule has 0 aliphatic carbocycles. The maximum absolute atomic E-state index is 9.06. The van der Waals surface area contributed by atoms with Crippen LogP contribution in [-0.2, 0) is 6.54 Å². The van der Waals surface area contributed by atoms with E-state index in [4.69, 9.17) is 10.2 Å². The topological polar surface area (TPSA) is 39.9 Å². The summed E-state index contributed by atoms with van der Waals surface area (Å²) in [7, 11) is 0. The minimum absolute atomic E-state index is 0.659. The molecule has 0 saturated carbocycles. The van der Waals surface area contributed by atoms with Crippen LogP contribution in [0, 0.1) is 18.3 Å². The molecule has 0 saturated heterocycles. The predicted octanol–water partition coefficient (Wildman–Crippen LogP) is 6.64. The Kier molecular flexibility index (Phi) is 4.77. The number of hydrogen-bond acceptors (Lipinski definition) is 5. The molecule has 6 heteroatoms. The fourth-order valence-electron chi connectivity index (χ4n) is 2.74. The molecule has 0 spiro atoms. The van der Waals surface area contributed by atoms with Gasteiger partial charge in [0.25, 0.3) is 0 Å². The second-order valence-corrected chi connectivity index (χ2v) is 9.31. The van der Waals surface area contributed by atoms with Crippen LogP contribution >= 0.6 is 38.6 Å². The third-order valence-corrected chi connectivity index (χ3v) is 7.19. The smallest absolute Gasteiger partial charge is 0.191 e. The normalized spacial score (nSPS) is 10.8. The van der Waals surface area contributed by atoms with E-state index in [0.717, 1.165) is 26.8 Å². The molecule has 0 unspecified atom stereocenters. The van der Waals surface area contributed by atoms with Gasteiger partial charge >= 0.3 is 0 Å². The quantitative estimate of drug-likeness (QED) is 0.357. The van der Waals surface area contributed by atoms with Crippen molar-refractivity contribution in [2.24, 2.45) is 0 Å². The maximum Gasteiger partial charge on any atom is 0.191 e. The number of nitriles is 1. The van der Waals surface area contributed by atoms with Gasteiger partial charge in [0.2, 0.25) is 0 Å². The molecule has 2 aromatic carbocycles. The van der Waals surface area contributed by atoms with E-state index in [9.17, 15) is 0 Å². The van der Waals surface area contributed by atoms with Crippen LogP contribution in [0.25, 0.3) is 10.1 Å². The summed E-state index contributed by atoms with van der Waals surface area (Å²) in [6, 6.07) is 20.5. The summed E-state index contributed by atoms with van der Waals surface area (Å²) in [6.45, 7) is 2.74. The lowest BCUT2D eigenvalue weighted by Gasteiger charge is -2.21. The van der Waals surface area contributed by atoms with Gasteiger partial charge in [-0.15, -0.1) is 11.3 Å². The number of anilines is 2. The Balaban J connectivity index is 1.75. The largest absolute Gasteiger partial charge is 0.313 e. The van der Waals surface area contributed by atoms with Gasteiger partial charge < -0.3 is 4.90 Å². The number of thiazole rings is 1. The number of hydrogen-bond donors (Lipinski definition) is 0. The fraction of sp³-hybridized carbons (Fsp3) is 0.100. The summed E-state index contributed by atoms with van der Waals surface area (Å²) in [5.41, 5.74) is 2.68. The first-order chi connectivity index (χ1) is 12.6. The maximum atomic E-state index is 9.06. The van der Waals surface area contributed by atoms with Crippen LogP contribution < -0.4 is 4.90 Å². The highest BCUT2D eigenvalue weighted by atomic mass is 79.9. The summed E-state index contributed by atoms with van der Waals surface area (Å²) < 4.78 is 2.33. The molecule has 0 atom stereocenters. The van der Waals surface area contributed by atoms with Crippen LogP contribution in [0.1, 0.15) is 16.1 Å². The molecule has 0 bridgehead atoms. The summed E-state index contributed by atoms with van der Waals surface area (Å²) in [4.78, 5) is 8.20. The molecule has 0 aliphatic rings. The Morgan fingerprint density at radius 1 is 1.12 bits per heavy atom. The second kappa shape index (κ2) is 7.20. The zero-order chi connectivity index (χ0) is 18.1. The van der Waals surface area contributed by atoms with E-state index in [0.29, 0.717) is 5.56 Å². The molecule has 4 rings (SSSR count). The Bertz CT molecular complexity index is 1050. The fourth-order valence-corrected chi connectivity index (χ4v) is 5.13. The van der Waals surface area contributed by atoms with Crippen LogP contribution in [0.15, 0.2) is 58.4 Å². The molecule has 2 aromatic heterocycles. The van der Waals surface area contributed by atoms with Crippen molar-refractivity contribution >= 4 is 59.5 Å². The Hall–Kier alpha value is -2.20. The minimum atomic E-state index is 0.659. The molecule has 0 aliphatic heterocycles. The average molecular weight is 440 g/mol. The third-order valence-electron chi connectivity index (χ3n) is 4.06. The van der Waals surface area contributed by atoms with E-state index in [2.05, 4.69) is 57.2 Å². The molecular weight excluding hydrogens is 426 g/mol. The van der Waals surface area contributed by atoms with Crippen molar-refractivity contribution < 1.29 is 0 Å². The molecule has 4 aromatic rings. The average Bonchev–Trinajstić information content (AvgIpc) is 3.22. The first-order valence-corrected chi connectivity index (χ1v) is 10.4. The Morgan fingerprint density at radius 3 is 2.54 bits per heavy atom. The SMILES string of the molecule is Cc1nc(N(Cc2cc3ccccc3s2)c2ccc(C#N)cc2)sc1Br. The predicted molar refractivity (Wildman–Crippen MR) is 113 cm³/mol. The molecule has 26 heavy (non-hydrogen) atoms. The molecule has 0 N–H and O–H groups in total. The van der Waals surface area contributed by atoms with Crippen molar-refractivity contribution in [3.8, 4) is 6.07 Å². The van der Waals surface area contributed by atoms with Crippen molar-refractivity contribution in [3.05, 3.63) is 74.5 Å². The van der Waals surface area contributed by atoms with Gasteiger partial charge in [-0.05, 0) is 64.6 Å². The van der Waals surface area contributed by atoms with Gasteiger partial charge in [-0.2, -0.15) is 5.26 Å². The van der Waals surface area contributed by atoms with Gasteiger partial charge in [0, 0.05) is 15.3 Å². The van der Waals surface area contributed by atoms with Crippen molar-refractivity contribution in [3.63, 3.8) is 0 Å². The van der Waals surface area contributed by atoms with Crippen molar-refractivity contribution in [1.82, 2.24) is 4.98 Å². The van der Waals surface area contributed by atoms with Gasteiger partial charge in [-0.25, -0.2) is 4.98 Å². The lowest BCUT2D eigenvalue weighted by atomic mass is 10.2. The highest BCUT2D eigenvalue weighted by molar-refractivity contribution is 9.11. The molecule has 0 amide bonds. The zero-order valence-electron chi connectivity index (χ0n) is 13.9. The summed E-state index contributed by atoms with van der Waals surface area (Å²) in [5.74, 6) is 0. The third kappa shape index (κ3) is 3.38. The van der Waals surface area contributed by atoms with Crippen LogP contribution in [0.4, 0.5) is 10.8 Å². The number of nitrogens with zero attached hydrogens (tertiary/aromatic N) is 3. The number of aryl methyl sites for hydroxylation is 1. The lowest BCUT2D eigenvalue weighted by molar-refractivity contribution is 0.979. The van der Waals surface area contributed by atoms with Gasteiger partial charge in [-0.3, -0.25) is 0 Å². The second-order valence-electron chi connectivity index (χ2n) is 5.85. The van der Waals surface area contributed by atoms with E-state index < -0.39 is 0 Å². The summed E-state index contributed by atoms with van der Waals surface area (Å²) in [6.07, 6.45) is 0. The first-order valence-electron chi connectivity index (χ1n) is 8.02. The molecule has 2 heterocycles. The van der Waals surface area contributed by atoms with Gasteiger partial charge in [-0.1, -0.05) is 29.5 Å². The minimum Gasteiger partial charge on any atom is -0.313 e. The van der Waals surface area contributed by atoms with Crippen LogP contribution in [0.5, 0.6) is 0 Å². The van der Waals surface area contributed by atoms with E-state index in [1.807, 2.05) is 31.2 Å². The molecule has 128 valence electrons. The van der Waals surface area contributed by atoms with Crippen molar-refractivity contribution in [2.45, 2.75) is 13.5 Å². The molecule has 0 fully saturated rings. The highest BCUT2D eigenvalue weighted by Crippen LogP contribution is 2.37.